The highest BCUT2D eigenvalue weighted by Gasteiger charge is 2.32. The highest BCUT2D eigenvalue weighted by atomic mass is 16.4. The van der Waals surface area contributed by atoms with Gasteiger partial charge < -0.3 is 20.6 Å². The number of carbonyl (C=O) groups excluding carboxylic acids is 2. The summed E-state index contributed by atoms with van der Waals surface area (Å²) in [4.78, 5) is 45.9. The zero-order valence-electron chi connectivity index (χ0n) is 19.8. The molecular weight excluding hydrogens is 426 g/mol. The number of allylic oxidation sites excluding steroid dienone is 1. The summed E-state index contributed by atoms with van der Waals surface area (Å²) in [7, 11) is 0. The molecule has 0 aromatic rings. The SMILES string of the molecule is CCCCC[C@H](O)/C=C/[C@H]1CCC(=O)[C@@H]1CCCCCCC(=O)NC(CCC(=O)O)C(=O)O. The van der Waals surface area contributed by atoms with Gasteiger partial charge in [0.1, 0.15) is 11.8 Å². The normalized spacial score (nSPS) is 20.1. The lowest BCUT2D eigenvalue weighted by molar-refractivity contribution is -0.143. The Morgan fingerprint density at radius 3 is 2.42 bits per heavy atom. The summed E-state index contributed by atoms with van der Waals surface area (Å²) in [5, 5.41) is 30.2. The van der Waals surface area contributed by atoms with Crippen molar-refractivity contribution in [2.45, 2.75) is 109 Å². The van der Waals surface area contributed by atoms with Crippen molar-refractivity contribution in [1.29, 1.82) is 0 Å². The van der Waals surface area contributed by atoms with Gasteiger partial charge in [0.05, 0.1) is 6.10 Å². The first-order valence-corrected chi connectivity index (χ1v) is 12.4. The van der Waals surface area contributed by atoms with Crippen LogP contribution in [-0.2, 0) is 19.2 Å². The van der Waals surface area contributed by atoms with Crippen LogP contribution in [-0.4, -0.2) is 51.1 Å². The van der Waals surface area contributed by atoms with Crippen LogP contribution < -0.4 is 5.32 Å². The zero-order valence-corrected chi connectivity index (χ0v) is 19.8. The van der Waals surface area contributed by atoms with Crippen LogP contribution in [0.15, 0.2) is 12.2 Å². The maximum absolute atomic E-state index is 12.3. The van der Waals surface area contributed by atoms with Gasteiger partial charge in [-0.15, -0.1) is 0 Å². The van der Waals surface area contributed by atoms with Gasteiger partial charge in [0.25, 0.3) is 0 Å². The third kappa shape index (κ3) is 12.6. The predicted molar refractivity (Wildman–Crippen MR) is 125 cm³/mol. The molecule has 1 aliphatic rings. The number of unbranched alkanes of at least 4 members (excludes halogenated alkanes) is 5. The number of carboxylic acids is 2. The molecule has 8 nitrogen and oxygen atoms in total. The second-order valence-electron chi connectivity index (χ2n) is 9.07. The maximum Gasteiger partial charge on any atom is 0.326 e. The van der Waals surface area contributed by atoms with Gasteiger partial charge in [-0.1, -0.05) is 57.6 Å². The lowest BCUT2D eigenvalue weighted by atomic mass is 9.89. The molecule has 1 saturated carbocycles. The number of ketones is 1. The number of carboxylic acid groups (broad SMARTS) is 2. The third-order valence-corrected chi connectivity index (χ3v) is 6.29. The summed E-state index contributed by atoms with van der Waals surface area (Å²) in [6.45, 7) is 2.13. The van der Waals surface area contributed by atoms with E-state index in [0.717, 1.165) is 57.8 Å². The number of aliphatic carboxylic acids is 2. The van der Waals surface area contributed by atoms with Crippen molar-refractivity contribution >= 4 is 23.6 Å². The molecule has 4 atom stereocenters. The third-order valence-electron chi connectivity index (χ3n) is 6.29. The standard InChI is InChI=1S/C25H41NO7/c1-2-3-6-9-19(27)14-12-18-13-16-22(28)20(18)10-7-4-5-8-11-23(29)26-21(25(32)33)15-17-24(30)31/h12,14,18-21,27H,2-11,13,15-17H2,1H3,(H,26,29)(H,30,31)(H,32,33)/b14-12+/t18-,19-,20+,21?/m0/s1. The molecule has 1 aliphatic carbocycles. The van der Waals surface area contributed by atoms with Gasteiger partial charge in [-0.25, -0.2) is 4.79 Å². The minimum atomic E-state index is -1.23. The molecule has 1 rings (SSSR count). The van der Waals surface area contributed by atoms with Crippen molar-refractivity contribution < 1.29 is 34.5 Å². The van der Waals surface area contributed by atoms with Crippen LogP contribution in [0.2, 0.25) is 0 Å². The molecule has 188 valence electrons. The highest BCUT2D eigenvalue weighted by Crippen LogP contribution is 2.34. The van der Waals surface area contributed by atoms with E-state index in [-0.39, 0.29) is 37.0 Å². The van der Waals surface area contributed by atoms with Crippen LogP contribution in [0.4, 0.5) is 0 Å². The molecule has 0 bridgehead atoms. The topological polar surface area (TPSA) is 141 Å². The number of nitrogens with one attached hydrogen (secondary N) is 1. The molecule has 8 heteroatoms. The van der Waals surface area contributed by atoms with Crippen molar-refractivity contribution in [3.8, 4) is 0 Å². The number of aliphatic hydroxyl groups is 1. The van der Waals surface area contributed by atoms with E-state index < -0.39 is 24.1 Å². The van der Waals surface area contributed by atoms with Gasteiger partial charge in [0, 0.05) is 25.2 Å². The van der Waals surface area contributed by atoms with E-state index in [1.807, 2.05) is 12.2 Å². The summed E-state index contributed by atoms with van der Waals surface area (Å²) >= 11 is 0. The molecule has 0 aromatic carbocycles. The van der Waals surface area contributed by atoms with Gasteiger partial charge in [-0.3, -0.25) is 14.4 Å². The summed E-state index contributed by atoms with van der Waals surface area (Å²) in [5.74, 6) is -2.21. The summed E-state index contributed by atoms with van der Waals surface area (Å²) < 4.78 is 0. The first kappa shape index (κ1) is 28.8. The summed E-state index contributed by atoms with van der Waals surface area (Å²) in [6, 6.07) is -1.18. The van der Waals surface area contributed by atoms with E-state index in [2.05, 4.69) is 12.2 Å². The Hall–Kier alpha value is -2.22. The van der Waals surface area contributed by atoms with Gasteiger partial charge in [-0.2, -0.15) is 0 Å². The Morgan fingerprint density at radius 2 is 1.76 bits per heavy atom. The second-order valence-corrected chi connectivity index (χ2v) is 9.07. The molecule has 0 saturated heterocycles. The van der Waals surface area contributed by atoms with E-state index in [1.165, 1.54) is 0 Å². The molecule has 0 radical (unpaired) electrons. The van der Waals surface area contributed by atoms with E-state index in [0.29, 0.717) is 18.6 Å². The second kappa shape index (κ2) is 16.4. The fourth-order valence-corrected chi connectivity index (χ4v) is 4.31. The summed E-state index contributed by atoms with van der Waals surface area (Å²) in [6.07, 6.45) is 12.6. The van der Waals surface area contributed by atoms with E-state index in [1.54, 1.807) is 0 Å². The summed E-state index contributed by atoms with van der Waals surface area (Å²) in [5.41, 5.74) is 0. The smallest absolute Gasteiger partial charge is 0.326 e. The molecule has 0 heterocycles. The fourth-order valence-electron chi connectivity index (χ4n) is 4.31. The minimum absolute atomic E-state index is 0.0120. The molecule has 0 spiro atoms. The Balaban J connectivity index is 2.27. The molecule has 4 N–H and O–H groups in total. The molecule has 33 heavy (non-hydrogen) atoms. The number of rotatable bonds is 18. The first-order valence-electron chi connectivity index (χ1n) is 12.4. The minimum Gasteiger partial charge on any atom is -0.481 e. The van der Waals surface area contributed by atoms with Crippen LogP contribution in [0.25, 0.3) is 0 Å². The Labute approximate surface area is 196 Å². The quantitative estimate of drug-likeness (QED) is 0.177. The van der Waals surface area contributed by atoms with Crippen LogP contribution in [0.5, 0.6) is 0 Å². The van der Waals surface area contributed by atoms with Crippen LogP contribution in [0, 0.1) is 11.8 Å². The van der Waals surface area contributed by atoms with Crippen molar-refractivity contribution in [2.75, 3.05) is 0 Å². The number of Topliss-reactive ketones (excluding diaryl/α,β-unsaturated/α-hetero) is 1. The monoisotopic (exact) mass is 467 g/mol. The lowest BCUT2D eigenvalue weighted by Gasteiger charge is -2.16. The van der Waals surface area contributed by atoms with Crippen molar-refractivity contribution in [1.82, 2.24) is 5.32 Å². The Morgan fingerprint density at radius 1 is 1.03 bits per heavy atom. The van der Waals surface area contributed by atoms with Crippen LogP contribution >= 0.6 is 0 Å². The van der Waals surface area contributed by atoms with Crippen molar-refractivity contribution in [2.24, 2.45) is 11.8 Å². The van der Waals surface area contributed by atoms with E-state index in [4.69, 9.17) is 10.2 Å². The molecule has 0 aliphatic heterocycles. The Kier molecular flexibility index (Phi) is 14.3. The zero-order chi connectivity index (χ0) is 24.6. The Bertz CT molecular complexity index is 661. The van der Waals surface area contributed by atoms with Crippen LogP contribution in [0.1, 0.15) is 96.8 Å². The largest absolute Gasteiger partial charge is 0.481 e. The molecule has 0 aromatic heterocycles. The maximum atomic E-state index is 12.3. The van der Waals surface area contributed by atoms with Gasteiger partial charge in [0.2, 0.25) is 5.91 Å². The number of hydrogen-bond acceptors (Lipinski definition) is 5. The number of aliphatic hydroxyl groups excluding tert-OH is 1. The van der Waals surface area contributed by atoms with E-state index in [9.17, 15) is 24.3 Å². The molecular formula is C25H41NO7. The average molecular weight is 468 g/mol. The highest BCUT2D eigenvalue weighted by molar-refractivity contribution is 5.84. The van der Waals surface area contributed by atoms with Gasteiger partial charge in [0.15, 0.2) is 0 Å². The predicted octanol–water partition coefficient (Wildman–Crippen LogP) is 3.85. The lowest BCUT2D eigenvalue weighted by Crippen LogP contribution is -2.41. The number of amides is 1. The van der Waals surface area contributed by atoms with Gasteiger partial charge >= 0.3 is 11.9 Å². The number of hydrogen-bond donors (Lipinski definition) is 4. The average Bonchev–Trinajstić information content (AvgIpc) is 3.11. The van der Waals surface area contributed by atoms with Gasteiger partial charge in [-0.05, 0) is 38.0 Å². The molecule has 1 fully saturated rings. The van der Waals surface area contributed by atoms with Crippen molar-refractivity contribution in [3.63, 3.8) is 0 Å². The fraction of sp³-hybridized carbons (Fsp3) is 0.760. The van der Waals surface area contributed by atoms with E-state index >= 15 is 0 Å². The first-order chi connectivity index (χ1) is 15.7. The van der Waals surface area contributed by atoms with Crippen LogP contribution in [0.3, 0.4) is 0 Å². The molecule has 1 amide bonds. The van der Waals surface area contributed by atoms with Crippen molar-refractivity contribution in [3.05, 3.63) is 12.2 Å². The number of carbonyl (C=O) groups is 4. The molecule has 1 unspecified atom stereocenters.